The first kappa shape index (κ1) is 14.0. The highest BCUT2D eigenvalue weighted by atomic mass is 19.1. The van der Waals surface area contributed by atoms with Crippen molar-refractivity contribution in [2.24, 2.45) is 5.92 Å². The molecule has 0 saturated carbocycles. The van der Waals surface area contributed by atoms with Gasteiger partial charge in [-0.1, -0.05) is 6.07 Å². The van der Waals surface area contributed by atoms with E-state index >= 15 is 0 Å². The largest absolute Gasteiger partial charge is 0.326 e. The first-order chi connectivity index (χ1) is 9.15. The molecular weight excluding hydrogens is 243 g/mol. The number of nitrogens with one attached hydrogen (secondary N) is 2. The summed E-state index contributed by atoms with van der Waals surface area (Å²) in [6.45, 7) is 3.80. The van der Waals surface area contributed by atoms with E-state index in [4.69, 9.17) is 0 Å². The maximum absolute atomic E-state index is 13.3. The Bertz CT molecular complexity index is 442. The van der Waals surface area contributed by atoms with Crippen LogP contribution in [-0.2, 0) is 4.79 Å². The van der Waals surface area contributed by atoms with E-state index in [-0.39, 0.29) is 11.7 Å². The van der Waals surface area contributed by atoms with Crippen molar-refractivity contribution in [1.82, 2.24) is 5.32 Å². The normalized spacial score (nSPS) is 19.2. The maximum Gasteiger partial charge on any atom is 0.224 e. The van der Waals surface area contributed by atoms with Gasteiger partial charge in [0.25, 0.3) is 0 Å². The number of carbonyl (C=O) groups is 1. The quantitative estimate of drug-likeness (QED) is 0.878. The Balaban J connectivity index is 1.78. The fourth-order valence-corrected chi connectivity index (χ4v) is 2.40. The number of hydrogen-bond acceptors (Lipinski definition) is 2. The zero-order chi connectivity index (χ0) is 13.7. The fraction of sp³-hybridized carbons (Fsp3) is 0.533. The summed E-state index contributed by atoms with van der Waals surface area (Å²) >= 11 is 0. The second-order valence-electron chi connectivity index (χ2n) is 5.26. The van der Waals surface area contributed by atoms with E-state index in [1.165, 1.54) is 18.9 Å². The van der Waals surface area contributed by atoms with Crippen molar-refractivity contribution >= 4 is 11.6 Å². The van der Waals surface area contributed by atoms with Gasteiger partial charge < -0.3 is 10.6 Å². The standard InChI is InChI=1S/C15H21FN2O/c1-11-4-6-13(9-14(11)16)18-15(19)7-5-12-3-2-8-17-10-12/h4,6,9,12,17H,2-3,5,7-8,10H2,1H3,(H,18,19). The van der Waals surface area contributed by atoms with E-state index in [1.54, 1.807) is 19.1 Å². The molecule has 1 atom stereocenters. The van der Waals surface area contributed by atoms with Gasteiger partial charge in [-0.3, -0.25) is 4.79 Å². The predicted octanol–water partition coefficient (Wildman–Crippen LogP) is 2.85. The first-order valence-electron chi connectivity index (χ1n) is 6.92. The summed E-state index contributed by atoms with van der Waals surface area (Å²) in [5, 5.41) is 6.09. The van der Waals surface area contributed by atoms with Crippen molar-refractivity contribution in [3.8, 4) is 0 Å². The summed E-state index contributed by atoms with van der Waals surface area (Å²) in [7, 11) is 0. The van der Waals surface area contributed by atoms with Gasteiger partial charge in [0.2, 0.25) is 5.91 Å². The van der Waals surface area contributed by atoms with Crippen LogP contribution in [0.4, 0.5) is 10.1 Å². The number of carbonyl (C=O) groups excluding carboxylic acids is 1. The molecule has 19 heavy (non-hydrogen) atoms. The molecule has 1 aliphatic rings. The van der Waals surface area contributed by atoms with Gasteiger partial charge in [0, 0.05) is 12.1 Å². The van der Waals surface area contributed by atoms with Crippen molar-refractivity contribution in [2.75, 3.05) is 18.4 Å². The van der Waals surface area contributed by atoms with Crippen LogP contribution in [0.3, 0.4) is 0 Å². The minimum Gasteiger partial charge on any atom is -0.326 e. The molecule has 4 heteroatoms. The van der Waals surface area contributed by atoms with Crippen molar-refractivity contribution in [3.63, 3.8) is 0 Å². The number of amides is 1. The molecule has 1 aliphatic heterocycles. The van der Waals surface area contributed by atoms with Gasteiger partial charge in [-0.15, -0.1) is 0 Å². The Morgan fingerprint density at radius 1 is 1.53 bits per heavy atom. The Labute approximate surface area is 113 Å². The highest BCUT2D eigenvalue weighted by Crippen LogP contribution is 2.17. The molecule has 2 rings (SSSR count). The molecule has 1 aromatic rings. The minimum atomic E-state index is -0.283. The number of piperidine rings is 1. The van der Waals surface area contributed by atoms with Crippen molar-refractivity contribution in [1.29, 1.82) is 0 Å². The minimum absolute atomic E-state index is 0.0335. The summed E-state index contributed by atoms with van der Waals surface area (Å²) in [5.74, 6) is 0.275. The molecule has 0 bridgehead atoms. The van der Waals surface area contributed by atoms with E-state index in [1.807, 2.05) is 0 Å². The smallest absolute Gasteiger partial charge is 0.224 e. The lowest BCUT2D eigenvalue weighted by Gasteiger charge is -2.22. The van der Waals surface area contributed by atoms with Crippen LogP contribution >= 0.6 is 0 Å². The molecule has 1 unspecified atom stereocenters. The van der Waals surface area contributed by atoms with Gasteiger partial charge in [0.05, 0.1) is 0 Å². The number of aryl methyl sites for hydroxylation is 1. The van der Waals surface area contributed by atoms with E-state index in [0.29, 0.717) is 23.6 Å². The van der Waals surface area contributed by atoms with E-state index in [0.717, 1.165) is 19.5 Å². The molecule has 104 valence electrons. The van der Waals surface area contributed by atoms with Crippen molar-refractivity contribution in [3.05, 3.63) is 29.6 Å². The Morgan fingerprint density at radius 3 is 3.05 bits per heavy atom. The van der Waals surface area contributed by atoms with Crippen molar-refractivity contribution in [2.45, 2.75) is 32.6 Å². The highest BCUT2D eigenvalue weighted by molar-refractivity contribution is 5.90. The van der Waals surface area contributed by atoms with Crippen LogP contribution in [0.5, 0.6) is 0 Å². The molecule has 1 saturated heterocycles. The molecule has 1 aromatic carbocycles. The van der Waals surface area contributed by atoms with Crippen LogP contribution < -0.4 is 10.6 Å². The number of rotatable bonds is 4. The Morgan fingerprint density at radius 2 is 2.37 bits per heavy atom. The van der Waals surface area contributed by atoms with Crippen LogP contribution in [-0.4, -0.2) is 19.0 Å². The predicted molar refractivity (Wildman–Crippen MR) is 74.6 cm³/mol. The lowest BCUT2D eigenvalue weighted by atomic mass is 9.94. The SMILES string of the molecule is Cc1ccc(NC(=O)CCC2CCCNC2)cc1F. The summed E-state index contributed by atoms with van der Waals surface area (Å²) in [5.41, 5.74) is 1.13. The van der Waals surface area contributed by atoms with Crippen molar-refractivity contribution < 1.29 is 9.18 Å². The zero-order valence-electron chi connectivity index (χ0n) is 11.3. The molecule has 2 N–H and O–H groups in total. The van der Waals surface area contributed by atoms with Gasteiger partial charge in [-0.2, -0.15) is 0 Å². The van der Waals surface area contributed by atoms with E-state index < -0.39 is 0 Å². The molecule has 3 nitrogen and oxygen atoms in total. The number of hydrogen-bond donors (Lipinski definition) is 2. The molecule has 0 spiro atoms. The van der Waals surface area contributed by atoms with Gasteiger partial charge in [-0.05, 0) is 62.9 Å². The Hall–Kier alpha value is -1.42. The van der Waals surface area contributed by atoms with Crippen LogP contribution in [0, 0.1) is 18.7 Å². The number of benzene rings is 1. The summed E-state index contributed by atoms with van der Waals surface area (Å²) < 4.78 is 13.3. The van der Waals surface area contributed by atoms with Gasteiger partial charge >= 0.3 is 0 Å². The van der Waals surface area contributed by atoms with Crippen LogP contribution in [0.1, 0.15) is 31.2 Å². The van der Waals surface area contributed by atoms with E-state index in [2.05, 4.69) is 10.6 Å². The number of anilines is 1. The summed E-state index contributed by atoms with van der Waals surface area (Å²) in [6, 6.07) is 4.78. The molecular formula is C15H21FN2O. The maximum atomic E-state index is 13.3. The molecule has 0 aromatic heterocycles. The van der Waals surface area contributed by atoms with Gasteiger partial charge in [0.1, 0.15) is 5.82 Å². The average molecular weight is 264 g/mol. The van der Waals surface area contributed by atoms with Gasteiger partial charge in [-0.25, -0.2) is 4.39 Å². The summed E-state index contributed by atoms with van der Waals surface area (Å²) in [4.78, 5) is 11.8. The Kier molecular flexibility index (Phi) is 4.91. The third-order valence-electron chi connectivity index (χ3n) is 3.63. The molecule has 1 amide bonds. The monoisotopic (exact) mass is 264 g/mol. The van der Waals surface area contributed by atoms with Gasteiger partial charge in [0.15, 0.2) is 0 Å². The third-order valence-corrected chi connectivity index (χ3v) is 3.63. The first-order valence-corrected chi connectivity index (χ1v) is 6.92. The zero-order valence-corrected chi connectivity index (χ0v) is 11.3. The van der Waals surface area contributed by atoms with Crippen LogP contribution in [0.15, 0.2) is 18.2 Å². The molecule has 0 aliphatic carbocycles. The third kappa shape index (κ3) is 4.31. The average Bonchev–Trinajstić information content (AvgIpc) is 2.42. The molecule has 0 radical (unpaired) electrons. The lowest BCUT2D eigenvalue weighted by molar-refractivity contribution is -0.116. The summed E-state index contributed by atoms with van der Waals surface area (Å²) in [6.07, 6.45) is 3.78. The number of halogens is 1. The topological polar surface area (TPSA) is 41.1 Å². The second-order valence-corrected chi connectivity index (χ2v) is 5.26. The van der Waals surface area contributed by atoms with Crippen LogP contribution in [0.2, 0.25) is 0 Å². The fourth-order valence-electron chi connectivity index (χ4n) is 2.40. The molecule has 1 fully saturated rings. The second kappa shape index (κ2) is 6.66. The van der Waals surface area contributed by atoms with Crippen LogP contribution in [0.25, 0.3) is 0 Å². The van der Waals surface area contributed by atoms with E-state index in [9.17, 15) is 9.18 Å². The highest BCUT2D eigenvalue weighted by Gasteiger charge is 2.14. The molecule has 1 heterocycles. The lowest BCUT2D eigenvalue weighted by Crippen LogP contribution is -2.30.